The second-order valence-corrected chi connectivity index (χ2v) is 4.45. The van der Waals surface area contributed by atoms with Crippen LogP contribution in [-0.2, 0) is 0 Å². The summed E-state index contributed by atoms with van der Waals surface area (Å²) in [6.07, 6.45) is -0.194. The van der Waals surface area contributed by atoms with E-state index in [1.165, 1.54) is 4.38 Å². The lowest BCUT2D eigenvalue weighted by Crippen LogP contribution is -2.23. The first kappa shape index (κ1) is 6.07. The van der Waals surface area contributed by atoms with E-state index in [1.807, 2.05) is 11.8 Å². The van der Waals surface area contributed by atoms with Crippen LogP contribution in [0.3, 0.4) is 0 Å². The Kier molecular flexibility index (Phi) is 1.47. The monoisotopic (exact) mass is 162 g/mol. The zero-order valence-electron chi connectivity index (χ0n) is 4.91. The van der Waals surface area contributed by atoms with Gasteiger partial charge in [0.05, 0.1) is 11.5 Å². The molecule has 0 saturated carbocycles. The van der Waals surface area contributed by atoms with Crippen molar-refractivity contribution in [3.8, 4) is 0 Å². The van der Waals surface area contributed by atoms with Gasteiger partial charge in [-0.25, -0.2) is 0 Å². The molecule has 2 nitrogen and oxygen atoms in total. The minimum Gasteiger partial charge on any atom is -0.336 e. The topological polar surface area (TPSA) is 23.2 Å². The molecule has 0 spiro atoms. The van der Waals surface area contributed by atoms with Crippen LogP contribution in [0.1, 0.15) is 0 Å². The van der Waals surface area contributed by atoms with Gasteiger partial charge in [-0.15, -0.1) is 0 Å². The minimum atomic E-state index is -0.194. The molecule has 0 saturated heterocycles. The number of thioether (sulfide) groups is 2. The molecule has 1 atom stereocenters. The molecule has 2 rings (SSSR count). The zero-order valence-corrected chi connectivity index (χ0v) is 6.54. The van der Waals surface area contributed by atoms with Crippen molar-refractivity contribution in [2.24, 2.45) is 0 Å². The molecule has 0 aromatic rings. The standard InChI is InChI=1S/C5H8NOS2/c7-4-3-9-5-6(4)1-2-8-5/h4,7H,1-3H2/q+1/t4-/m0/s1. The lowest BCUT2D eigenvalue weighted by Gasteiger charge is -1.95. The van der Waals surface area contributed by atoms with Crippen molar-refractivity contribution in [2.75, 3.05) is 18.1 Å². The van der Waals surface area contributed by atoms with Gasteiger partial charge in [-0.2, -0.15) is 4.58 Å². The maximum Gasteiger partial charge on any atom is 0.272 e. The Morgan fingerprint density at radius 3 is 3.22 bits per heavy atom. The molecule has 4 heteroatoms. The van der Waals surface area contributed by atoms with E-state index in [2.05, 4.69) is 4.58 Å². The largest absolute Gasteiger partial charge is 0.336 e. The lowest BCUT2D eigenvalue weighted by atomic mass is 10.6. The average molecular weight is 162 g/mol. The molecule has 0 aromatic carbocycles. The summed E-state index contributed by atoms with van der Waals surface area (Å²) in [5.41, 5.74) is 0. The van der Waals surface area contributed by atoms with E-state index in [0.717, 1.165) is 18.1 Å². The molecule has 1 N–H and O–H groups in total. The van der Waals surface area contributed by atoms with Crippen LogP contribution in [0.5, 0.6) is 0 Å². The molecule has 0 amide bonds. The van der Waals surface area contributed by atoms with Crippen LogP contribution in [-0.4, -0.2) is 38.3 Å². The molecule has 0 aliphatic carbocycles. The molecule has 0 unspecified atom stereocenters. The predicted molar refractivity (Wildman–Crippen MR) is 41.1 cm³/mol. The summed E-state index contributed by atoms with van der Waals surface area (Å²) < 4.78 is 3.40. The number of nitrogens with zero attached hydrogens (tertiary/aromatic N) is 1. The highest BCUT2D eigenvalue weighted by atomic mass is 32.2. The molecule has 50 valence electrons. The first-order valence-electron chi connectivity index (χ1n) is 2.95. The van der Waals surface area contributed by atoms with Crippen LogP contribution in [0.25, 0.3) is 0 Å². The molecule has 2 aliphatic heterocycles. The van der Waals surface area contributed by atoms with Crippen LogP contribution in [0.15, 0.2) is 0 Å². The lowest BCUT2D eigenvalue weighted by molar-refractivity contribution is -0.589. The van der Waals surface area contributed by atoms with Crippen molar-refractivity contribution in [3.63, 3.8) is 0 Å². The third-order valence-electron chi connectivity index (χ3n) is 1.51. The Labute approximate surface area is 62.3 Å². The van der Waals surface area contributed by atoms with E-state index in [1.54, 1.807) is 11.8 Å². The Bertz CT molecular complexity index is 168. The summed E-state index contributed by atoms with van der Waals surface area (Å²) in [6, 6.07) is 0. The predicted octanol–water partition coefficient (Wildman–Crippen LogP) is 0.167. The van der Waals surface area contributed by atoms with E-state index in [9.17, 15) is 5.11 Å². The fourth-order valence-electron chi connectivity index (χ4n) is 1.04. The Balaban J connectivity index is 2.24. The Morgan fingerprint density at radius 1 is 1.56 bits per heavy atom. The number of aliphatic hydroxyl groups excluding tert-OH is 1. The summed E-state index contributed by atoms with van der Waals surface area (Å²) in [5, 5.41) is 9.27. The SMILES string of the molecule is O[C@H]1CSC2=[N+]1CCS2. The van der Waals surface area contributed by atoms with Gasteiger partial charge in [-0.1, -0.05) is 0 Å². The van der Waals surface area contributed by atoms with Crippen molar-refractivity contribution in [2.45, 2.75) is 6.23 Å². The highest BCUT2D eigenvalue weighted by molar-refractivity contribution is 8.38. The third-order valence-corrected chi connectivity index (χ3v) is 4.03. The second kappa shape index (κ2) is 2.18. The van der Waals surface area contributed by atoms with Crippen molar-refractivity contribution < 1.29 is 9.68 Å². The summed E-state index contributed by atoms with van der Waals surface area (Å²) in [7, 11) is 0. The van der Waals surface area contributed by atoms with Crippen LogP contribution >= 0.6 is 23.5 Å². The van der Waals surface area contributed by atoms with E-state index in [4.69, 9.17) is 0 Å². The Hall–Kier alpha value is 0.330. The first-order valence-corrected chi connectivity index (χ1v) is 4.92. The first-order chi connectivity index (χ1) is 4.38. The molecule has 0 bridgehead atoms. The van der Waals surface area contributed by atoms with Crippen LogP contribution in [0, 0.1) is 0 Å². The van der Waals surface area contributed by atoms with Gasteiger partial charge in [0.25, 0.3) is 10.6 Å². The fraction of sp³-hybridized carbons (Fsp3) is 0.800. The van der Waals surface area contributed by atoms with Crippen LogP contribution in [0.4, 0.5) is 0 Å². The molecular weight excluding hydrogens is 154 g/mol. The zero-order chi connectivity index (χ0) is 6.27. The molecular formula is C5H8NOS2+. The summed E-state index contributed by atoms with van der Waals surface area (Å²) in [4.78, 5) is 0. The molecule has 0 aromatic heterocycles. The summed E-state index contributed by atoms with van der Waals surface area (Å²) >= 11 is 3.64. The average Bonchev–Trinajstić information content (AvgIpc) is 2.35. The van der Waals surface area contributed by atoms with Gasteiger partial charge in [0, 0.05) is 0 Å². The van der Waals surface area contributed by atoms with Gasteiger partial charge in [0.15, 0.2) is 6.54 Å². The highest BCUT2D eigenvalue weighted by Crippen LogP contribution is 2.28. The van der Waals surface area contributed by atoms with Crippen molar-refractivity contribution in [3.05, 3.63) is 0 Å². The van der Waals surface area contributed by atoms with E-state index in [0.29, 0.717) is 0 Å². The highest BCUT2D eigenvalue weighted by Gasteiger charge is 2.36. The number of hydrogen-bond acceptors (Lipinski definition) is 3. The van der Waals surface area contributed by atoms with Crippen LogP contribution in [0.2, 0.25) is 0 Å². The summed E-state index contributed by atoms with van der Waals surface area (Å²) in [5.74, 6) is 2.02. The molecule has 9 heavy (non-hydrogen) atoms. The smallest absolute Gasteiger partial charge is 0.272 e. The van der Waals surface area contributed by atoms with Gasteiger partial charge in [-0.3, -0.25) is 0 Å². The van der Waals surface area contributed by atoms with E-state index >= 15 is 0 Å². The molecule has 0 radical (unpaired) electrons. The molecule has 2 aliphatic rings. The maximum absolute atomic E-state index is 9.27. The summed E-state index contributed by atoms with van der Waals surface area (Å²) in [6.45, 7) is 1.04. The maximum atomic E-state index is 9.27. The van der Waals surface area contributed by atoms with Gasteiger partial charge in [0.2, 0.25) is 0 Å². The van der Waals surface area contributed by atoms with E-state index < -0.39 is 0 Å². The third kappa shape index (κ3) is 0.893. The normalized spacial score (nSPS) is 33.7. The van der Waals surface area contributed by atoms with Crippen molar-refractivity contribution >= 4 is 27.9 Å². The molecule has 0 fully saturated rings. The Morgan fingerprint density at radius 2 is 2.44 bits per heavy atom. The molecule has 2 heterocycles. The van der Waals surface area contributed by atoms with Gasteiger partial charge in [0.1, 0.15) is 0 Å². The number of hydrogen-bond donors (Lipinski definition) is 1. The van der Waals surface area contributed by atoms with Gasteiger partial charge < -0.3 is 5.11 Å². The second-order valence-electron chi connectivity index (χ2n) is 2.10. The van der Waals surface area contributed by atoms with Gasteiger partial charge in [-0.05, 0) is 23.5 Å². The van der Waals surface area contributed by atoms with Crippen molar-refractivity contribution in [1.29, 1.82) is 0 Å². The number of rotatable bonds is 0. The van der Waals surface area contributed by atoms with Crippen LogP contribution < -0.4 is 0 Å². The minimum absolute atomic E-state index is 0.194. The number of aliphatic hydroxyl groups is 1. The fourth-order valence-corrected chi connectivity index (χ4v) is 3.52. The van der Waals surface area contributed by atoms with E-state index in [-0.39, 0.29) is 6.23 Å². The quantitative estimate of drug-likeness (QED) is 0.513. The van der Waals surface area contributed by atoms with Gasteiger partial charge >= 0.3 is 0 Å². The van der Waals surface area contributed by atoms with Crippen molar-refractivity contribution in [1.82, 2.24) is 0 Å².